The van der Waals surface area contributed by atoms with Gasteiger partial charge in [-0.05, 0) is 70.0 Å². The highest BCUT2D eigenvalue weighted by molar-refractivity contribution is 6.46. The van der Waals surface area contributed by atoms with Gasteiger partial charge in [-0.25, -0.2) is 4.79 Å². The summed E-state index contributed by atoms with van der Waals surface area (Å²) < 4.78 is 7.69. The summed E-state index contributed by atoms with van der Waals surface area (Å²) in [5, 5.41) is 5.75. The summed E-state index contributed by atoms with van der Waals surface area (Å²) in [4.78, 5) is 45.8. The van der Waals surface area contributed by atoms with Crippen molar-refractivity contribution in [3.05, 3.63) is 47.5 Å². The Morgan fingerprint density at radius 2 is 1.55 bits per heavy atom. The molecule has 0 radical (unpaired) electrons. The second-order valence-corrected chi connectivity index (χ2v) is 11.0. The van der Waals surface area contributed by atoms with E-state index in [4.69, 9.17) is 9.57 Å². The quantitative estimate of drug-likeness (QED) is 0.0884. The van der Waals surface area contributed by atoms with E-state index in [0.717, 1.165) is 67.1 Å². The van der Waals surface area contributed by atoms with E-state index in [1.54, 1.807) is 6.07 Å². The molecule has 0 bridgehead atoms. The van der Waals surface area contributed by atoms with Gasteiger partial charge < -0.3 is 14.1 Å². The number of unbranched alkanes of at least 4 members (excludes halogenated alkanes) is 3. The molecule has 0 spiro atoms. The highest BCUT2D eigenvalue weighted by atomic mass is 16.7. The van der Waals surface area contributed by atoms with Crippen LogP contribution >= 0.6 is 0 Å². The largest absolute Gasteiger partial charge is 0.379 e. The number of carbonyl (C=O) groups is 3. The number of nitrogens with zero attached hydrogens (tertiary/aromatic N) is 3. The summed E-state index contributed by atoms with van der Waals surface area (Å²) >= 11 is 0. The van der Waals surface area contributed by atoms with Gasteiger partial charge in [0.05, 0.1) is 18.8 Å². The molecular formula is C32H41N3O5. The fraction of sp³-hybridized carbons (Fsp3) is 0.500. The molecule has 4 rings (SSSR count). The Balaban J connectivity index is 1.73. The lowest BCUT2D eigenvalue weighted by Gasteiger charge is -2.39. The van der Waals surface area contributed by atoms with Crippen LogP contribution in [0.25, 0.3) is 21.8 Å². The molecule has 2 heterocycles. The Labute approximate surface area is 236 Å². The Hall–Kier alpha value is -3.36. The van der Waals surface area contributed by atoms with Crippen molar-refractivity contribution in [1.82, 2.24) is 9.47 Å². The van der Waals surface area contributed by atoms with Crippen molar-refractivity contribution in [3.63, 3.8) is 0 Å². The van der Waals surface area contributed by atoms with Crippen LogP contribution in [0.1, 0.15) is 87.4 Å². The van der Waals surface area contributed by atoms with Crippen LogP contribution in [-0.2, 0) is 20.9 Å². The molecule has 1 fully saturated rings. The van der Waals surface area contributed by atoms with Crippen LogP contribution in [-0.4, -0.2) is 64.6 Å². The number of Topliss-reactive ketones (excluding diaryl/α,β-unsaturated/α-hetero) is 2. The third kappa shape index (κ3) is 6.18. The van der Waals surface area contributed by atoms with Crippen molar-refractivity contribution < 1.29 is 24.0 Å². The zero-order valence-electron chi connectivity index (χ0n) is 24.4. The smallest absolute Gasteiger partial charge is 0.331 e. The third-order valence-electron chi connectivity index (χ3n) is 7.88. The van der Waals surface area contributed by atoms with Gasteiger partial charge in [-0.15, -0.1) is 0 Å². The summed E-state index contributed by atoms with van der Waals surface area (Å²) in [5.74, 6) is -0.751. The molecule has 0 unspecified atom stereocenters. The number of oxime groups is 1. The Kier molecular flexibility index (Phi) is 9.53. The number of aromatic nitrogens is 1. The standard InChI is InChI=1S/C32H41N3O5/c1-6-8-9-10-11-27(33-40-22(3)36)30(37)23-12-14-28-25(20-23)26-21-24(13-15-29(26)35(28)7-2)31(38)32(4,5)34-16-18-39-19-17-34/h12-15,20-21H,6-11,16-19H2,1-5H3/b33-27+. The number of fused-ring (bicyclic) bond motifs is 3. The molecule has 2 aromatic carbocycles. The van der Waals surface area contributed by atoms with E-state index in [1.165, 1.54) is 6.92 Å². The molecule has 1 aliphatic heterocycles. The number of ether oxygens (including phenoxy) is 1. The number of hydrogen-bond acceptors (Lipinski definition) is 7. The van der Waals surface area contributed by atoms with Gasteiger partial charge in [-0.1, -0.05) is 31.3 Å². The van der Waals surface area contributed by atoms with Crippen LogP contribution < -0.4 is 0 Å². The van der Waals surface area contributed by atoms with Crippen molar-refractivity contribution >= 4 is 45.1 Å². The van der Waals surface area contributed by atoms with Crippen LogP contribution in [0, 0.1) is 0 Å². The summed E-state index contributed by atoms with van der Waals surface area (Å²) in [6.45, 7) is 12.9. The van der Waals surface area contributed by atoms with E-state index < -0.39 is 11.5 Å². The molecule has 3 aromatic rings. The summed E-state index contributed by atoms with van der Waals surface area (Å²) in [7, 11) is 0. The maximum absolute atomic E-state index is 13.8. The SMILES string of the molecule is CCCCCC/C(=N\OC(C)=O)C(=O)c1ccc2c(c1)c1cc(C(=O)C(C)(C)N3CCOCC3)ccc1n2CC. The van der Waals surface area contributed by atoms with Crippen molar-refractivity contribution in [2.45, 2.75) is 78.8 Å². The average Bonchev–Trinajstić information content (AvgIpc) is 3.28. The molecule has 0 saturated carbocycles. The summed E-state index contributed by atoms with van der Waals surface area (Å²) in [5.41, 5.74) is 2.71. The maximum atomic E-state index is 13.8. The molecule has 0 aliphatic carbocycles. The first-order valence-corrected chi connectivity index (χ1v) is 14.4. The molecule has 0 amide bonds. The number of hydrogen-bond donors (Lipinski definition) is 0. The van der Waals surface area contributed by atoms with Gasteiger partial charge in [0.2, 0.25) is 5.78 Å². The first-order chi connectivity index (χ1) is 19.2. The van der Waals surface area contributed by atoms with E-state index in [1.807, 2.05) is 44.2 Å². The van der Waals surface area contributed by atoms with E-state index in [2.05, 4.69) is 28.5 Å². The number of rotatable bonds is 12. The average molecular weight is 548 g/mol. The highest BCUT2D eigenvalue weighted by Gasteiger charge is 2.36. The van der Waals surface area contributed by atoms with Gasteiger partial charge in [0, 0.05) is 59.5 Å². The molecule has 1 saturated heterocycles. The normalized spacial score (nSPS) is 15.1. The maximum Gasteiger partial charge on any atom is 0.331 e. The molecule has 1 aromatic heterocycles. The molecule has 0 N–H and O–H groups in total. The lowest BCUT2D eigenvalue weighted by Crippen LogP contribution is -2.54. The molecule has 0 atom stereocenters. The van der Waals surface area contributed by atoms with Crippen LogP contribution in [0.3, 0.4) is 0 Å². The Morgan fingerprint density at radius 3 is 2.15 bits per heavy atom. The van der Waals surface area contributed by atoms with Crippen molar-refractivity contribution in [2.75, 3.05) is 26.3 Å². The van der Waals surface area contributed by atoms with Gasteiger partial charge in [0.25, 0.3) is 0 Å². The van der Waals surface area contributed by atoms with Gasteiger partial charge in [-0.2, -0.15) is 0 Å². The predicted molar refractivity (Wildman–Crippen MR) is 158 cm³/mol. The van der Waals surface area contributed by atoms with Gasteiger partial charge >= 0.3 is 5.97 Å². The van der Waals surface area contributed by atoms with Crippen LogP contribution in [0.4, 0.5) is 0 Å². The van der Waals surface area contributed by atoms with E-state index in [0.29, 0.717) is 30.8 Å². The molecule has 8 nitrogen and oxygen atoms in total. The molecule has 40 heavy (non-hydrogen) atoms. The van der Waals surface area contributed by atoms with Crippen LogP contribution in [0.2, 0.25) is 0 Å². The first kappa shape index (κ1) is 29.6. The van der Waals surface area contributed by atoms with E-state index in [9.17, 15) is 14.4 Å². The lowest BCUT2D eigenvalue weighted by molar-refractivity contribution is -0.140. The number of morpholine rings is 1. The van der Waals surface area contributed by atoms with Gasteiger partial charge in [-0.3, -0.25) is 14.5 Å². The minimum Gasteiger partial charge on any atom is -0.379 e. The molecule has 8 heteroatoms. The highest BCUT2D eigenvalue weighted by Crippen LogP contribution is 2.32. The molecule has 214 valence electrons. The zero-order chi connectivity index (χ0) is 28.9. The number of aryl methyl sites for hydroxylation is 1. The fourth-order valence-electron chi connectivity index (χ4n) is 5.55. The number of benzene rings is 2. The molecule has 1 aliphatic rings. The van der Waals surface area contributed by atoms with Gasteiger partial charge in [0.15, 0.2) is 5.78 Å². The monoisotopic (exact) mass is 547 g/mol. The van der Waals surface area contributed by atoms with Crippen LogP contribution in [0.5, 0.6) is 0 Å². The minimum atomic E-state index is -0.665. The Bertz CT molecular complexity index is 1430. The first-order valence-electron chi connectivity index (χ1n) is 14.4. The lowest BCUT2D eigenvalue weighted by atomic mass is 9.90. The summed E-state index contributed by atoms with van der Waals surface area (Å²) in [6, 6.07) is 11.5. The second-order valence-electron chi connectivity index (χ2n) is 11.0. The summed E-state index contributed by atoms with van der Waals surface area (Å²) in [6.07, 6.45) is 4.36. The van der Waals surface area contributed by atoms with Crippen molar-refractivity contribution in [3.8, 4) is 0 Å². The zero-order valence-corrected chi connectivity index (χ0v) is 24.4. The fourth-order valence-corrected chi connectivity index (χ4v) is 5.55. The van der Waals surface area contributed by atoms with Crippen molar-refractivity contribution in [2.24, 2.45) is 5.16 Å². The topological polar surface area (TPSA) is 90.2 Å². The molecular weight excluding hydrogens is 506 g/mol. The second kappa shape index (κ2) is 12.9. The van der Waals surface area contributed by atoms with Crippen LogP contribution in [0.15, 0.2) is 41.6 Å². The minimum absolute atomic E-state index is 0.0591. The predicted octanol–water partition coefficient (Wildman–Crippen LogP) is 6.18. The third-order valence-corrected chi connectivity index (χ3v) is 7.88. The van der Waals surface area contributed by atoms with E-state index >= 15 is 0 Å². The van der Waals surface area contributed by atoms with Crippen molar-refractivity contribution in [1.29, 1.82) is 0 Å². The van der Waals surface area contributed by atoms with Gasteiger partial charge in [0.1, 0.15) is 5.71 Å². The van der Waals surface area contributed by atoms with E-state index in [-0.39, 0.29) is 17.3 Å². The Morgan fingerprint density at radius 1 is 0.925 bits per heavy atom. The number of carbonyl (C=O) groups excluding carboxylic acids is 3. The number of ketones is 2.